The average Bonchev–Trinajstić information content (AvgIpc) is 2.26. The number of rotatable bonds is 3. The predicted octanol–water partition coefficient (Wildman–Crippen LogP) is 1.86. The van der Waals surface area contributed by atoms with E-state index in [0.29, 0.717) is 5.69 Å². The van der Waals surface area contributed by atoms with Gasteiger partial charge in [-0.3, -0.25) is 0 Å². The van der Waals surface area contributed by atoms with Gasteiger partial charge in [-0.2, -0.15) is 0 Å². The molecule has 1 aromatic carbocycles. The fourth-order valence-corrected chi connectivity index (χ4v) is 2.40. The highest BCUT2D eigenvalue weighted by Gasteiger charge is 2.18. The molecule has 0 fully saturated rings. The van der Waals surface area contributed by atoms with Crippen LogP contribution in [0.3, 0.4) is 0 Å². The Bertz CT molecular complexity index is 589. The van der Waals surface area contributed by atoms with Crippen molar-refractivity contribution >= 4 is 21.7 Å². The lowest BCUT2D eigenvalue weighted by Gasteiger charge is -2.21. The Kier molecular flexibility index (Phi) is 4.77. The van der Waals surface area contributed by atoms with E-state index in [1.54, 1.807) is 12.1 Å². The molecule has 2 amide bonds. The minimum Gasteiger partial charge on any atom is -0.333 e. The maximum atomic E-state index is 12.0. The van der Waals surface area contributed by atoms with Gasteiger partial charge in [0.2, 0.25) is 10.0 Å². The summed E-state index contributed by atoms with van der Waals surface area (Å²) < 4.78 is 25.1. The average molecular weight is 299 g/mol. The van der Waals surface area contributed by atoms with Gasteiger partial charge in [-0.1, -0.05) is 6.07 Å². The molecule has 6 nitrogen and oxygen atoms in total. The van der Waals surface area contributed by atoms with Crippen LogP contribution in [0.25, 0.3) is 0 Å². The third-order valence-corrected chi connectivity index (χ3v) is 4.17. The monoisotopic (exact) mass is 299 g/mol. The molecule has 0 aliphatic heterocycles. The maximum absolute atomic E-state index is 12.0. The van der Waals surface area contributed by atoms with Gasteiger partial charge >= 0.3 is 6.03 Å². The number of carbonyl (C=O) groups is 1. The Hall–Kier alpha value is -1.60. The van der Waals surface area contributed by atoms with Gasteiger partial charge in [-0.05, 0) is 39.0 Å². The van der Waals surface area contributed by atoms with Crippen LogP contribution in [-0.4, -0.2) is 38.4 Å². The van der Waals surface area contributed by atoms with Crippen molar-refractivity contribution in [3.05, 3.63) is 24.3 Å². The normalized spacial score (nSPS) is 12.3. The number of nitrogens with one attached hydrogen (secondary N) is 2. The number of hydrogen-bond acceptors (Lipinski definition) is 3. The van der Waals surface area contributed by atoms with Crippen molar-refractivity contribution in [1.82, 2.24) is 9.62 Å². The topological polar surface area (TPSA) is 78.5 Å². The molecule has 7 heteroatoms. The Labute approximate surface area is 120 Å². The van der Waals surface area contributed by atoms with Gasteiger partial charge in [-0.25, -0.2) is 17.5 Å². The number of anilines is 1. The van der Waals surface area contributed by atoms with Crippen molar-refractivity contribution < 1.29 is 13.2 Å². The van der Waals surface area contributed by atoms with E-state index in [0.717, 1.165) is 4.31 Å². The van der Waals surface area contributed by atoms with E-state index in [1.165, 1.54) is 26.2 Å². The van der Waals surface area contributed by atoms with Crippen LogP contribution >= 0.6 is 0 Å². The Morgan fingerprint density at radius 2 is 1.80 bits per heavy atom. The zero-order valence-electron chi connectivity index (χ0n) is 12.4. The van der Waals surface area contributed by atoms with Crippen LogP contribution in [0.4, 0.5) is 10.5 Å². The quantitative estimate of drug-likeness (QED) is 0.894. The van der Waals surface area contributed by atoms with Crippen molar-refractivity contribution in [3.8, 4) is 0 Å². The molecule has 0 atom stereocenters. The molecule has 1 aromatic rings. The summed E-state index contributed by atoms with van der Waals surface area (Å²) in [4.78, 5) is 11.9. The van der Waals surface area contributed by atoms with E-state index >= 15 is 0 Å². The number of amides is 2. The summed E-state index contributed by atoms with van der Waals surface area (Å²) in [5.74, 6) is 0. The first-order valence-corrected chi connectivity index (χ1v) is 7.58. The van der Waals surface area contributed by atoms with E-state index in [1.807, 2.05) is 20.8 Å². The highest BCUT2D eigenvalue weighted by molar-refractivity contribution is 7.89. The minimum absolute atomic E-state index is 0.135. The molecule has 0 bridgehead atoms. The lowest BCUT2D eigenvalue weighted by atomic mass is 10.1. The second-order valence-electron chi connectivity index (χ2n) is 5.64. The van der Waals surface area contributed by atoms with Crippen molar-refractivity contribution in [1.29, 1.82) is 0 Å². The van der Waals surface area contributed by atoms with E-state index in [-0.39, 0.29) is 16.5 Å². The van der Waals surface area contributed by atoms with E-state index in [2.05, 4.69) is 10.6 Å². The third kappa shape index (κ3) is 4.50. The van der Waals surface area contributed by atoms with Crippen molar-refractivity contribution in [2.75, 3.05) is 19.4 Å². The molecular formula is C13H21N3O3S. The molecule has 0 saturated carbocycles. The molecule has 1 rings (SSSR count). The molecular weight excluding hydrogens is 278 g/mol. The van der Waals surface area contributed by atoms with Crippen LogP contribution in [0, 0.1) is 0 Å². The number of carbonyl (C=O) groups excluding carboxylic acids is 1. The van der Waals surface area contributed by atoms with Crippen LogP contribution in [0.2, 0.25) is 0 Å². The second-order valence-corrected chi connectivity index (χ2v) is 7.80. The lowest BCUT2D eigenvalue weighted by Crippen LogP contribution is -2.43. The molecule has 0 saturated heterocycles. The van der Waals surface area contributed by atoms with Gasteiger partial charge in [0.1, 0.15) is 0 Å². The van der Waals surface area contributed by atoms with Gasteiger partial charge in [-0.15, -0.1) is 0 Å². The molecule has 2 N–H and O–H groups in total. The highest BCUT2D eigenvalue weighted by Crippen LogP contribution is 2.18. The number of sulfonamides is 1. The molecule has 0 spiro atoms. The van der Waals surface area contributed by atoms with Crippen LogP contribution in [-0.2, 0) is 10.0 Å². The summed E-state index contributed by atoms with van der Waals surface area (Å²) in [6.07, 6.45) is 0. The lowest BCUT2D eigenvalue weighted by molar-refractivity contribution is 0.244. The number of urea groups is 1. The van der Waals surface area contributed by atoms with E-state index in [9.17, 15) is 13.2 Å². The molecule has 0 aromatic heterocycles. The fraction of sp³-hybridized carbons (Fsp3) is 0.462. The minimum atomic E-state index is -3.51. The molecule has 20 heavy (non-hydrogen) atoms. The standard InChI is InChI=1S/C13H21N3O3S/c1-13(2,3)15-12(17)14-10-7-6-8-11(9-10)20(18,19)16(4)5/h6-9H,1-5H3,(H2,14,15,17). The first kappa shape index (κ1) is 16.5. The smallest absolute Gasteiger partial charge is 0.319 e. The number of hydrogen-bond donors (Lipinski definition) is 2. The van der Waals surface area contributed by atoms with Crippen LogP contribution in [0.5, 0.6) is 0 Å². The second kappa shape index (κ2) is 5.80. The van der Waals surface area contributed by atoms with Crippen molar-refractivity contribution in [2.24, 2.45) is 0 Å². The van der Waals surface area contributed by atoms with Gasteiger partial charge in [0, 0.05) is 25.3 Å². The molecule has 0 unspecified atom stereocenters. The van der Waals surface area contributed by atoms with Crippen LogP contribution < -0.4 is 10.6 Å². The Morgan fingerprint density at radius 3 is 2.30 bits per heavy atom. The van der Waals surface area contributed by atoms with E-state index in [4.69, 9.17) is 0 Å². The van der Waals surface area contributed by atoms with Crippen molar-refractivity contribution in [2.45, 2.75) is 31.2 Å². The Morgan fingerprint density at radius 1 is 1.20 bits per heavy atom. The number of nitrogens with zero attached hydrogens (tertiary/aromatic N) is 1. The fourth-order valence-electron chi connectivity index (χ4n) is 1.45. The van der Waals surface area contributed by atoms with Crippen molar-refractivity contribution in [3.63, 3.8) is 0 Å². The van der Waals surface area contributed by atoms with E-state index < -0.39 is 10.0 Å². The Balaban J connectivity index is 2.93. The first-order valence-electron chi connectivity index (χ1n) is 6.14. The highest BCUT2D eigenvalue weighted by atomic mass is 32.2. The number of benzene rings is 1. The molecule has 0 radical (unpaired) electrons. The molecule has 0 aliphatic rings. The summed E-state index contributed by atoms with van der Waals surface area (Å²) in [5.41, 5.74) is 0.0619. The van der Waals surface area contributed by atoms with Gasteiger partial charge in [0.15, 0.2) is 0 Å². The summed E-state index contributed by atoms with van der Waals surface area (Å²) in [5, 5.41) is 5.36. The predicted molar refractivity (Wildman–Crippen MR) is 79.2 cm³/mol. The van der Waals surface area contributed by atoms with Gasteiger partial charge in [0.05, 0.1) is 4.90 Å². The van der Waals surface area contributed by atoms with Gasteiger partial charge in [0.25, 0.3) is 0 Å². The summed E-state index contributed by atoms with van der Waals surface area (Å²) in [7, 11) is -0.589. The summed E-state index contributed by atoms with van der Waals surface area (Å²) in [6, 6.07) is 5.76. The SMILES string of the molecule is CN(C)S(=O)(=O)c1cccc(NC(=O)NC(C)(C)C)c1. The molecule has 0 heterocycles. The molecule has 0 aliphatic carbocycles. The molecule has 112 valence electrons. The van der Waals surface area contributed by atoms with Crippen LogP contribution in [0.1, 0.15) is 20.8 Å². The largest absolute Gasteiger partial charge is 0.333 e. The first-order chi connectivity index (χ1) is 9.02. The summed E-state index contributed by atoms with van der Waals surface area (Å²) >= 11 is 0. The zero-order valence-corrected chi connectivity index (χ0v) is 13.2. The zero-order chi connectivity index (χ0) is 15.6. The third-order valence-electron chi connectivity index (χ3n) is 2.36. The summed E-state index contributed by atoms with van der Waals surface area (Å²) in [6.45, 7) is 5.58. The van der Waals surface area contributed by atoms with Crippen LogP contribution in [0.15, 0.2) is 29.2 Å². The maximum Gasteiger partial charge on any atom is 0.319 e. The van der Waals surface area contributed by atoms with Gasteiger partial charge < -0.3 is 10.6 Å².